The number of oxazole rings is 1. The van der Waals surface area contributed by atoms with Crippen LogP contribution in [0.1, 0.15) is 23.2 Å². The Kier molecular flexibility index (Phi) is 3.79. The molecule has 1 aliphatic rings. The third-order valence-corrected chi connectivity index (χ3v) is 3.93. The van der Waals surface area contributed by atoms with Gasteiger partial charge in [0.1, 0.15) is 0 Å². The molecular weight excluding hydrogens is 272 g/mol. The summed E-state index contributed by atoms with van der Waals surface area (Å²) in [7, 11) is 1.32. The molecule has 1 fully saturated rings. The zero-order valence-electron chi connectivity index (χ0n) is 12.0. The first kappa shape index (κ1) is 13.9. The van der Waals surface area contributed by atoms with Crippen molar-refractivity contribution in [2.24, 2.45) is 0 Å². The highest BCUT2D eigenvalue weighted by Gasteiger charge is 2.15. The molecule has 6 nitrogen and oxygen atoms in total. The number of hydrogen-bond acceptors (Lipinski definition) is 5. The van der Waals surface area contributed by atoms with E-state index in [9.17, 15) is 9.59 Å². The smallest absolute Gasteiger partial charge is 0.419 e. The van der Waals surface area contributed by atoms with Crippen molar-refractivity contribution in [2.75, 3.05) is 26.7 Å². The minimum atomic E-state index is -0.440. The molecule has 0 bridgehead atoms. The monoisotopic (exact) mass is 290 g/mol. The summed E-state index contributed by atoms with van der Waals surface area (Å²) < 4.78 is 11.5. The minimum absolute atomic E-state index is 0.380. The van der Waals surface area contributed by atoms with Crippen molar-refractivity contribution in [1.82, 2.24) is 9.47 Å². The number of carbonyl (C=O) groups is 1. The Morgan fingerprint density at radius 2 is 2.05 bits per heavy atom. The van der Waals surface area contributed by atoms with Crippen LogP contribution in [0.4, 0.5) is 0 Å². The van der Waals surface area contributed by atoms with Gasteiger partial charge in [-0.2, -0.15) is 0 Å². The van der Waals surface area contributed by atoms with Crippen LogP contribution in [-0.4, -0.2) is 42.2 Å². The van der Waals surface area contributed by atoms with Crippen LogP contribution < -0.4 is 5.76 Å². The van der Waals surface area contributed by atoms with Crippen LogP contribution in [0.5, 0.6) is 0 Å². The van der Waals surface area contributed by atoms with Gasteiger partial charge in [0.2, 0.25) is 0 Å². The highest BCUT2D eigenvalue weighted by Crippen LogP contribution is 2.16. The predicted octanol–water partition coefficient (Wildman–Crippen LogP) is 1.48. The molecule has 1 saturated heterocycles. The number of aromatic nitrogens is 1. The summed E-state index contributed by atoms with van der Waals surface area (Å²) in [4.78, 5) is 25.8. The number of likely N-dealkylation sites (tertiary alicyclic amines) is 1. The molecule has 0 aliphatic carbocycles. The standard InChI is InChI=1S/C15H18N2O4/c1-20-14(18)11-4-5-12-13(10-11)21-15(19)17(12)9-8-16-6-2-3-7-16/h4-5,10H,2-3,6-9H2,1H3. The van der Waals surface area contributed by atoms with Crippen LogP contribution in [0.3, 0.4) is 0 Å². The van der Waals surface area contributed by atoms with E-state index in [0.29, 0.717) is 23.2 Å². The van der Waals surface area contributed by atoms with Crippen molar-refractivity contribution < 1.29 is 13.9 Å². The Hall–Kier alpha value is -2.08. The second-order valence-electron chi connectivity index (χ2n) is 5.24. The fourth-order valence-electron chi connectivity index (χ4n) is 2.77. The van der Waals surface area contributed by atoms with Gasteiger partial charge in [0.05, 0.1) is 18.2 Å². The van der Waals surface area contributed by atoms with Gasteiger partial charge in [-0.25, -0.2) is 9.59 Å². The van der Waals surface area contributed by atoms with Gasteiger partial charge in [-0.3, -0.25) is 4.57 Å². The fourth-order valence-corrected chi connectivity index (χ4v) is 2.77. The number of nitrogens with zero attached hydrogens (tertiary/aromatic N) is 2. The SMILES string of the molecule is COC(=O)c1ccc2c(c1)oc(=O)n2CCN1CCCC1. The summed E-state index contributed by atoms with van der Waals surface area (Å²) in [5.74, 6) is -0.824. The first-order chi connectivity index (χ1) is 10.2. The molecule has 1 aliphatic heterocycles. The van der Waals surface area contributed by atoms with Crippen molar-refractivity contribution in [2.45, 2.75) is 19.4 Å². The van der Waals surface area contributed by atoms with E-state index >= 15 is 0 Å². The molecule has 0 saturated carbocycles. The van der Waals surface area contributed by atoms with Gasteiger partial charge in [-0.1, -0.05) is 0 Å². The van der Waals surface area contributed by atoms with E-state index in [1.807, 2.05) is 0 Å². The number of ether oxygens (including phenoxy) is 1. The summed E-state index contributed by atoms with van der Waals surface area (Å²) in [6, 6.07) is 4.93. The molecule has 2 heterocycles. The second-order valence-corrected chi connectivity index (χ2v) is 5.24. The van der Waals surface area contributed by atoms with Crippen molar-refractivity contribution in [3.8, 4) is 0 Å². The van der Waals surface area contributed by atoms with Crippen LogP contribution >= 0.6 is 0 Å². The van der Waals surface area contributed by atoms with Crippen LogP contribution in [0.2, 0.25) is 0 Å². The number of hydrogen-bond donors (Lipinski definition) is 0. The fraction of sp³-hybridized carbons (Fsp3) is 0.467. The maximum absolute atomic E-state index is 12.0. The van der Waals surface area contributed by atoms with E-state index in [4.69, 9.17) is 4.42 Å². The number of carbonyl (C=O) groups excluding carboxylic acids is 1. The lowest BCUT2D eigenvalue weighted by molar-refractivity contribution is 0.0601. The Bertz CT molecular complexity index is 710. The number of rotatable bonds is 4. The van der Waals surface area contributed by atoms with Crippen LogP contribution in [0.15, 0.2) is 27.4 Å². The molecule has 0 unspecified atom stereocenters. The average molecular weight is 290 g/mol. The number of benzene rings is 1. The normalized spacial score (nSPS) is 15.7. The molecule has 6 heteroatoms. The Balaban J connectivity index is 1.86. The highest BCUT2D eigenvalue weighted by molar-refractivity contribution is 5.93. The van der Waals surface area contributed by atoms with E-state index in [0.717, 1.165) is 19.6 Å². The lowest BCUT2D eigenvalue weighted by Crippen LogP contribution is -2.27. The molecule has 21 heavy (non-hydrogen) atoms. The van der Waals surface area contributed by atoms with Crippen LogP contribution in [-0.2, 0) is 11.3 Å². The van der Waals surface area contributed by atoms with E-state index in [1.165, 1.54) is 20.0 Å². The third-order valence-electron chi connectivity index (χ3n) is 3.93. The quantitative estimate of drug-likeness (QED) is 0.798. The van der Waals surface area contributed by atoms with Crippen molar-refractivity contribution in [1.29, 1.82) is 0 Å². The van der Waals surface area contributed by atoms with Crippen molar-refractivity contribution >= 4 is 17.1 Å². The van der Waals surface area contributed by atoms with Crippen LogP contribution in [0.25, 0.3) is 11.1 Å². The van der Waals surface area contributed by atoms with Gasteiger partial charge in [0, 0.05) is 13.1 Å². The number of esters is 1. The minimum Gasteiger partial charge on any atom is -0.465 e. The zero-order valence-corrected chi connectivity index (χ0v) is 12.0. The summed E-state index contributed by atoms with van der Waals surface area (Å²) in [6.07, 6.45) is 2.45. The predicted molar refractivity (Wildman–Crippen MR) is 77.5 cm³/mol. The van der Waals surface area contributed by atoms with E-state index in [-0.39, 0.29) is 5.76 Å². The Labute approximate surface area is 121 Å². The zero-order chi connectivity index (χ0) is 14.8. The molecule has 0 amide bonds. The molecule has 1 aromatic carbocycles. The average Bonchev–Trinajstić information content (AvgIpc) is 3.10. The molecule has 0 atom stereocenters. The van der Waals surface area contributed by atoms with Crippen LogP contribution in [0, 0.1) is 0 Å². The molecule has 0 N–H and O–H groups in total. The first-order valence-electron chi connectivity index (χ1n) is 7.13. The van der Waals surface area contributed by atoms with E-state index < -0.39 is 5.97 Å². The van der Waals surface area contributed by atoms with Gasteiger partial charge >= 0.3 is 11.7 Å². The van der Waals surface area contributed by atoms with Gasteiger partial charge < -0.3 is 14.1 Å². The number of methoxy groups -OCH3 is 1. The van der Waals surface area contributed by atoms with Crippen molar-refractivity contribution in [3.05, 3.63) is 34.3 Å². The topological polar surface area (TPSA) is 64.7 Å². The lowest BCUT2D eigenvalue weighted by Gasteiger charge is -2.14. The third kappa shape index (κ3) is 2.71. The molecule has 2 aromatic rings. The molecule has 112 valence electrons. The largest absolute Gasteiger partial charge is 0.465 e. The van der Waals surface area contributed by atoms with E-state index in [2.05, 4.69) is 9.64 Å². The summed E-state index contributed by atoms with van der Waals surface area (Å²) in [5, 5.41) is 0. The maximum atomic E-state index is 12.0. The van der Waals surface area contributed by atoms with Crippen molar-refractivity contribution in [3.63, 3.8) is 0 Å². The van der Waals surface area contributed by atoms with Gasteiger partial charge in [-0.15, -0.1) is 0 Å². The summed E-state index contributed by atoms with van der Waals surface area (Å²) in [5.41, 5.74) is 1.52. The maximum Gasteiger partial charge on any atom is 0.419 e. The Morgan fingerprint density at radius 1 is 1.29 bits per heavy atom. The molecule has 3 rings (SSSR count). The molecule has 0 spiro atoms. The molecule has 1 aromatic heterocycles. The second kappa shape index (κ2) is 5.73. The first-order valence-corrected chi connectivity index (χ1v) is 7.13. The van der Waals surface area contributed by atoms with E-state index in [1.54, 1.807) is 22.8 Å². The molecule has 0 radical (unpaired) electrons. The highest BCUT2D eigenvalue weighted by atomic mass is 16.5. The number of fused-ring (bicyclic) bond motifs is 1. The Morgan fingerprint density at radius 3 is 2.76 bits per heavy atom. The molecular formula is C15H18N2O4. The summed E-state index contributed by atoms with van der Waals surface area (Å²) >= 11 is 0. The summed E-state index contributed by atoms with van der Waals surface area (Å²) in [6.45, 7) is 3.63. The van der Waals surface area contributed by atoms with Gasteiger partial charge in [-0.05, 0) is 44.1 Å². The van der Waals surface area contributed by atoms with Gasteiger partial charge in [0.15, 0.2) is 5.58 Å². The lowest BCUT2D eigenvalue weighted by atomic mass is 10.2. The van der Waals surface area contributed by atoms with Gasteiger partial charge in [0.25, 0.3) is 0 Å².